The molecule has 1 rings (SSSR count). The zero-order chi connectivity index (χ0) is 5.98. The molecule has 0 N–H and O–H groups in total. The Kier molecular flexibility index (Phi) is 2.12. The van der Waals surface area contributed by atoms with E-state index in [9.17, 15) is 0 Å². The molecule has 2 atom stereocenters. The van der Waals surface area contributed by atoms with Crippen molar-refractivity contribution in [3.63, 3.8) is 0 Å². The SMILES string of the molecule is C[C@@H]1C=CCC[C@H]1Br. The van der Waals surface area contributed by atoms with E-state index in [1.807, 2.05) is 0 Å². The maximum absolute atomic E-state index is 3.60. The molecular weight excluding hydrogens is 164 g/mol. The second kappa shape index (κ2) is 2.67. The number of allylic oxidation sites excluding steroid dienone is 2. The maximum atomic E-state index is 3.60. The molecule has 1 aliphatic rings. The van der Waals surface area contributed by atoms with E-state index in [0.29, 0.717) is 0 Å². The van der Waals surface area contributed by atoms with Gasteiger partial charge in [0.25, 0.3) is 0 Å². The summed E-state index contributed by atoms with van der Waals surface area (Å²) in [5.41, 5.74) is 0. The third-order valence-corrected chi connectivity index (χ3v) is 2.91. The van der Waals surface area contributed by atoms with Crippen LogP contribution < -0.4 is 0 Å². The minimum absolute atomic E-state index is 0.729. The van der Waals surface area contributed by atoms with Gasteiger partial charge in [-0.1, -0.05) is 35.0 Å². The number of rotatable bonds is 0. The van der Waals surface area contributed by atoms with Gasteiger partial charge in [0.2, 0.25) is 0 Å². The van der Waals surface area contributed by atoms with Gasteiger partial charge in [-0.3, -0.25) is 0 Å². The number of alkyl halides is 1. The van der Waals surface area contributed by atoms with Crippen LogP contribution in [0.15, 0.2) is 12.2 Å². The lowest BCUT2D eigenvalue weighted by Crippen LogP contribution is -2.10. The zero-order valence-corrected chi connectivity index (χ0v) is 6.69. The second-order valence-electron chi connectivity index (χ2n) is 2.38. The van der Waals surface area contributed by atoms with Gasteiger partial charge in [-0.15, -0.1) is 0 Å². The third kappa shape index (κ3) is 1.35. The fourth-order valence-electron chi connectivity index (χ4n) is 0.950. The Morgan fingerprint density at radius 3 is 2.75 bits per heavy atom. The second-order valence-corrected chi connectivity index (χ2v) is 3.56. The fraction of sp³-hybridized carbons (Fsp3) is 0.714. The van der Waals surface area contributed by atoms with Crippen LogP contribution in [0.3, 0.4) is 0 Å². The molecule has 0 amide bonds. The van der Waals surface area contributed by atoms with Gasteiger partial charge in [-0.05, 0) is 18.8 Å². The highest BCUT2D eigenvalue weighted by atomic mass is 79.9. The van der Waals surface area contributed by atoms with Crippen LogP contribution in [0.4, 0.5) is 0 Å². The topological polar surface area (TPSA) is 0 Å². The molecule has 0 aromatic heterocycles. The Labute approximate surface area is 59.1 Å². The quantitative estimate of drug-likeness (QED) is 0.392. The van der Waals surface area contributed by atoms with Gasteiger partial charge in [0, 0.05) is 4.83 Å². The van der Waals surface area contributed by atoms with E-state index >= 15 is 0 Å². The predicted molar refractivity (Wildman–Crippen MR) is 40.3 cm³/mol. The van der Waals surface area contributed by atoms with Crippen molar-refractivity contribution in [3.05, 3.63) is 12.2 Å². The van der Waals surface area contributed by atoms with Crippen LogP contribution in [-0.2, 0) is 0 Å². The van der Waals surface area contributed by atoms with Crippen LogP contribution in [0, 0.1) is 5.92 Å². The standard InChI is InChI=1S/C7H11Br/c1-6-4-2-3-5-7(6)8/h2,4,6-7H,3,5H2,1H3/t6-,7-/m1/s1. The Morgan fingerprint density at radius 2 is 2.38 bits per heavy atom. The molecule has 0 aliphatic heterocycles. The largest absolute Gasteiger partial charge is 0.0884 e. The van der Waals surface area contributed by atoms with Crippen molar-refractivity contribution in [2.24, 2.45) is 5.92 Å². The van der Waals surface area contributed by atoms with E-state index in [2.05, 4.69) is 35.0 Å². The summed E-state index contributed by atoms with van der Waals surface area (Å²) in [6.07, 6.45) is 7.10. The third-order valence-electron chi connectivity index (χ3n) is 1.62. The lowest BCUT2D eigenvalue weighted by Gasteiger charge is -2.17. The monoisotopic (exact) mass is 174 g/mol. The Hall–Kier alpha value is 0.220. The molecule has 0 aromatic rings. The number of hydrogen-bond acceptors (Lipinski definition) is 0. The van der Waals surface area contributed by atoms with Gasteiger partial charge in [0.1, 0.15) is 0 Å². The smallest absolute Gasteiger partial charge is 0.0208 e. The van der Waals surface area contributed by atoms with Gasteiger partial charge in [-0.2, -0.15) is 0 Å². The van der Waals surface area contributed by atoms with E-state index < -0.39 is 0 Å². The molecule has 0 unspecified atom stereocenters. The van der Waals surface area contributed by atoms with Gasteiger partial charge >= 0.3 is 0 Å². The van der Waals surface area contributed by atoms with Crippen molar-refractivity contribution in [2.75, 3.05) is 0 Å². The first-order valence-corrected chi connectivity index (χ1v) is 4.03. The first kappa shape index (κ1) is 6.34. The van der Waals surface area contributed by atoms with Gasteiger partial charge in [0.05, 0.1) is 0 Å². The Bertz CT molecular complexity index is 96.6. The molecule has 0 aromatic carbocycles. The molecule has 0 radical (unpaired) electrons. The minimum Gasteiger partial charge on any atom is -0.0884 e. The van der Waals surface area contributed by atoms with Crippen molar-refractivity contribution in [1.82, 2.24) is 0 Å². The first-order chi connectivity index (χ1) is 3.80. The predicted octanol–water partition coefficient (Wildman–Crippen LogP) is 2.74. The van der Waals surface area contributed by atoms with Gasteiger partial charge in [0.15, 0.2) is 0 Å². The lowest BCUT2D eigenvalue weighted by molar-refractivity contribution is 0.612. The molecule has 0 spiro atoms. The van der Waals surface area contributed by atoms with Crippen LogP contribution in [0.1, 0.15) is 19.8 Å². The molecule has 0 saturated carbocycles. The summed E-state index contributed by atoms with van der Waals surface area (Å²) in [6, 6.07) is 0. The lowest BCUT2D eigenvalue weighted by atomic mass is 9.98. The van der Waals surface area contributed by atoms with Gasteiger partial charge < -0.3 is 0 Å². The van der Waals surface area contributed by atoms with Crippen molar-refractivity contribution in [2.45, 2.75) is 24.6 Å². The normalized spacial score (nSPS) is 37.8. The highest BCUT2D eigenvalue weighted by Crippen LogP contribution is 2.23. The van der Waals surface area contributed by atoms with Gasteiger partial charge in [-0.25, -0.2) is 0 Å². The molecule has 0 heterocycles. The molecule has 0 fully saturated rings. The van der Waals surface area contributed by atoms with Crippen LogP contribution in [0.25, 0.3) is 0 Å². The molecule has 0 nitrogen and oxygen atoms in total. The van der Waals surface area contributed by atoms with Crippen LogP contribution in [-0.4, -0.2) is 4.83 Å². The summed E-state index contributed by atoms with van der Waals surface area (Å²) in [5, 5.41) is 0. The highest BCUT2D eigenvalue weighted by Gasteiger charge is 2.12. The Balaban J connectivity index is 2.47. The maximum Gasteiger partial charge on any atom is 0.0208 e. The average molecular weight is 175 g/mol. The van der Waals surface area contributed by atoms with E-state index in [-0.39, 0.29) is 0 Å². The molecular formula is C7H11Br. The summed E-state index contributed by atoms with van der Waals surface area (Å²) in [6.45, 7) is 2.25. The van der Waals surface area contributed by atoms with E-state index in [4.69, 9.17) is 0 Å². The Morgan fingerprint density at radius 1 is 1.62 bits per heavy atom. The van der Waals surface area contributed by atoms with E-state index in [1.54, 1.807) is 0 Å². The van der Waals surface area contributed by atoms with Crippen molar-refractivity contribution in [1.29, 1.82) is 0 Å². The first-order valence-electron chi connectivity index (χ1n) is 3.11. The average Bonchev–Trinajstić information content (AvgIpc) is 1.77. The zero-order valence-electron chi connectivity index (χ0n) is 5.10. The van der Waals surface area contributed by atoms with E-state index in [1.165, 1.54) is 12.8 Å². The molecule has 0 saturated heterocycles. The molecule has 1 heteroatoms. The highest BCUT2D eigenvalue weighted by molar-refractivity contribution is 9.09. The summed E-state index contributed by atoms with van der Waals surface area (Å²) in [7, 11) is 0. The molecule has 0 bridgehead atoms. The molecule has 1 aliphatic carbocycles. The molecule has 8 heavy (non-hydrogen) atoms. The van der Waals surface area contributed by atoms with Crippen molar-refractivity contribution in [3.8, 4) is 0 Å². The number of halogens is 1. The van der Waals surface area contributed by atoms with Crippen molar-refractivity contribution < 1.29 is 0 Å². The van der Waals surface area contributed by atoms with Crippen LogP contribution in [0.2, 0.25) is 0 Å². The van der Waals surface area contributed by atoms with Crippen LogP contribution in [0.5, 0.6) is 0 Å². The summed E-state index contributed by atoms with van der Waals surface area (Å²) in [4.78, 5) is 0.729. The summed E-state index contributed by atoms with van der Waals surface area (Å²) >= 11 is 3.60. The fourth-order valence-corrected chi connectivity index (χ4v) is 1.39. The minimum atomic E-state index is 0.729. The number of hydrogen-bond donors (Lipinski definition) is 0. The summed E-state index contributed by atoms with van der Waals surface area (Å²) < 4.78 is 0. The van der Waals surface area contributed by atoms with Crippen molar-refractivity contribution >= 4 is 15.9 Å². The van der Waals surface area contributed by atoms with E-state index in [0.717, 1.165) is 10.7 Å². The summed E-state index contributed by atoms with van der Waals surface area (Å²) in [5.74, 6) is 0.740. The molecule has 46 valence electrons. The van der Waals surface area contributed by atoms with Crippen LogP contribution >= 0.6 is 15.9 Å².